The molecular formula is C19H11Cl3F3N3O. The zero-order valence-corrected chi connectivity index (χ0v) is 16.7. The summed E-state index contributed by atoms with van der Waals surface area (Å²) in [4.78, 5) is 13.3. The van der Waals surface area contributed by atoms with E-state index >= 15 is 0 Å². The van der Waals surface area contributed by atoms with Crippen LogP contribution in [0.5, 0.6) is 0 Å². The molecule has 2 heterocycles. The number of hydrogen-bond acceptors (Lipinski definition) is 2. The Morgan fingerprint density at radius 3 is 2.28 bits per heavy atom. The van der Waals surface area contributed by atoms with Gasteiger partial charge >= 0.3 is 12.2 Å². The third-order valence-corrected chi connectivity index (χ3v) is 5.26. The minimum absolute atomic E-state index is 0.228. The second-order valence-corrected chi connectivity index (χ2v) is 7.75. The molecule has 10 heteroatoms. The van der Waals surface area contributed by atoms with Crippen molar-refractivity contribution in [3.63, 3.8) is 0 Å². The Labute approximate surface area is 178 Å². The van der Waals surface area contributed by atoms with Crippen molar-refractivity contribution in [2.24, 2.45) is 0 Å². The van der Waals surface area contributed by atoms with E-state index in [1.54, 1.807) is 36.4 Å². The molecule has 0 saturated heterocycles. The van der Waals surface area contributed by atoms with Crippen LogP contribution < -0.4 is 0 Å². The van der Waals surface area contributed by atoms with Crippen molar-refractivity contribution in [1.82, 2.24) is 14.7 Å². The van der Waals surface area contributed by atoms with E-state index in [0.29, 0.717) is 48.0 Å². The van der Waals surface area contributed by atoms with Crippen molar-refractivity contribution >= 4 is 40.8 Å². The van der Waals surface area contributed by atoms with Crippen LogP contribution in [0.4, 0.5) is 18.0 Å². The first-order valence-corrected chi connectivity index (χ1v) is 9.47. The summed E-state index contributed by atoms with van der Waals surface area (Å²) in [6, 6.07) is 10.7. The van der Waals surface area contributed by atoms with E-state index in [1.165, 1.54) is 6.07 Å². The van der Waals surface area contributed by atoms with Crippen molar-refractivity contribution in [3.8, 4) is 22.4 Å². The number of aromatic nitrogens is 2. The predicted molar refractivity (Wildman–Crippen MR) is 105 cm³/mol. The van der Waals surface area contributed by atoms with E-state index in [1.807, 2.05) is 0 Å². The Morgan fingerprint density at radius 2 is 1.66 bits per heavy atom. The quantitative estimate of drug-likeness (QED) is 0.446. The summed E-state index contributed by atoms with van der Waals surface area (Å²) in [5.41, 5.74) is 2.41. The number of halogens is 6. The smallest absolute Gasteiger partial charge is 0.308 e. The van der Waals surface area contributed by atoms with Crippen LogP contribution in [-0.4, -0.2) is 33.4 Å². The molecule has 1 aromatic heterocycles. The second-order valence-electron chi connectivity index (χ2n) is 6.47. The highest BCUT2D eigenvalue weighted by atomic mass is 35.5. The van der Waals surface area contributed by atoms with Crippen LogP contribution in [-0.2, 0) is 6.54 Å². The van der Waals surface area contributed by atoms with Gasteiger partial charge in [-0.2, -0.15) is 23.0 Å². The van der Waals surface area contributed by atoms with Crippen LogP contribution in [0.2, 0.25) is 15.1 Å². The lowest BCUT2D eigenvalue weighted by atomic mass is 9.99. The predicted octanol–water partition coefficient (Wildman–Crippen LogP) is 6.52. The van der Waals surface area contributed by atoms with Crippen molar-refractivity contribution < 1.29 is 18.0 Å². The number of hydrogen-bond donors (Lipinski definition) is 0. The molecule has 4 nitrogen and oxygen atoms in total. The van der Waals surface area contributed by atoms with Crippen molar-refractivity contribution in [1.29, 1.82) is 0 Å². The molecule has 2 aromatic carbocycles. The normalized spacial score (nSPS) is 13.9. The molecular weight excluding hydrogens is 450 g/mol. The number of alkyl halides is 3. The van der Waals surface area contributed by atoms with Gasteiger partial charge in [-0.25, -0.2) is 4.79 Å². The number of benzene rings is 2. The van der Waals surface area contributed by atoms with Gasteiger partial charge in [0.05, 0.1) is 17.3 Å². The van der Waals surface area contributed by atoms with Gasteiger partial charge in [-0.15, -0.1) is 0 Å². The Balaban J connectivity index is 1.89. The molecule has 1 aliphatic heterocycles. The molecule has 29 heavy (non-hydrogen) atoms. The van der Waals surface area contributed by atoms with E-state index in [-0.39, 0.29) is 6.54 Å². The van der Waals surface area contributed by atoms with E-state index in [2.05, 4.69) is 5.10 Å². The highest BCUT2D eigenvalue weighted by Gasteiger charge is 2.40. The topological polar surface area (TPSA) is 38.1 Å². The van der Waals surface area contributed by atoms with Gasteiger partial charge in [-0.3, -0.25) is 0 Å². The zero-order valence-electron chi connectivity index (χ0n) is 14.5. The van der Waals surface area contributed by atoms with Gasteiger partial charge < -0.3 is 4.90 Å². The van der Waals surface area contributed by atoms with Crippen LogP contribution in [0.3, 0.4) is 0 Å². The molecule has 0 aliphatic carbocycles. The molecule has 0 N–H and O–H groups in total. The third kappa shape index (κ3) is 3.82. The van der Waals surface area contributed by atoms with Crippen LogP contribution >= 0.6 is 34.8 Å². The van der Waals surface area contributed by atoms with Crippen LogP contribution in [0.1, 0.15) is 5.69 Å². The summed E-state index contributed by atoms with van der Waals surface area (Å²) in [5.74, 6) is 0. The fourth-order valence-electron chi connectivity index (χ4n) is 3.27. The van der Waals surface area contributed by atoms with Gasteiger partial charge in [-0.1, -0.05) is 46.9 Å². The maximum absolute atomic E-state index is 12.8. The minimum Gasteiger partial charge on any atom is -0.308 e. The summed E-state index contributed by atoms with van der Waals surface area (Å²) in [5, 5.41) is 5.54. The van der Waals surface area contributed by atoms with Gasteiger partial charge in [0.1, 0.15) is 12.2 Å². The Morgan fingerprint density at radius 1 is 1.00 bits per heavy atom. The molecule has 1 amide bonds. The first kappa shape index (κ1) is 20.1. The standard InChI is InChI=1S/C19H11Cl3F3N3O/c20-11-3-1-10(2-4-11)16-15-8-27(9-19(23,24)25)18(29)28(15)26-17(16)13-6-5-12(21)7-14(13)22/h1-7H,8-9H2. The number of nitrogens with zero attached hydrogens (tertiary/aromatic N) is 3. The van der Waals surface area contributed by atoms with Gasteiger partial charge in [0.15, 0.2) is 0 Å². The van der Waals surface area contributed by atoms with Gasteiger partial charge in [0.25, 0.3) is 0 Å². The number of carbonyl (C=O) groups excluding carboxylic acids is 1. The minimum atomic E-state index is -4.51. The van der Waals surface area contributed by atoms with Crippen molar-refractivity contribution in [3.05, 3.63) is 63.2 Å². The van der Waals surface area contributed by atoms with Gasteiger partial charge in [0.2, 0.25) is 0 Å². The molecule has 0 fully saturated rings. The monoisotopic (exact) mass is 459 g/mol. The van der Waals surface area contributed by atoms with Gasteiger partial charge in [-0.05, 0) is 35.9 Å². The highest BCUT2D eigenvalue weighted by Crippen LogP contribution is 2.41. The molecule has 4 rings (SSSR count). The summed E-state index contributed by atoms with van der Waals surface area (Å²) < 4.78 is 39.5. The molecule has 150 valence electrons. The molecule has 0 radical (unpaired) electrons. The second kappa shape index (κ2) is 7.23. The molecule has 0 bridgehead atoms. The lowest BCUT2D eigenvalue weighted by Gasteiger charge is -2.17. The SMILES string of the molecule is O=C1N(CC(F)(F)F)Cc2c(-c3ccc(Cl)cc3)c(-c3ccc(Cl)cc3Cl)nn21. The van der Waals surface area contributed by atoms with Gasteiger partial charge in [0, 0.05) is 21.2 Å². The van der Waals surface area contributed by atoms with Crippen LogP contribution in [0.15, 0.2) is 42.5 Å². The first-order chi connectivity index (χ1) is 13.6. The lowest BCUT2D eigenvalue weighted by Crippen LogP contribution is -2.35. The Hall–Kier alpha value is -2.22. The molecule has 3 aromatic rings. The fraction of sp³-hybridized carbons (Fsp3) is 0.158. The highest BCUT2D eigenvalue weighted by molar-refractivity contribution is 6.36. The van der Waals surface area contributed by atoms with Crippen LogP contribution in [0.25, 0.3) is 22.4 Å². The Kier molecular flexibility index (Phi) is 5.01. The largest absolute Gasteiger partial charge is 0.406 e. The molecule has 0 spiro atoms. The number of carbonyl (C=O) groups is 1. The Bertz CT molecular complexity index is 1110. The van der Waals surface area contributed by atoms with Crippen molar-refractivity contribution in [2.45, 2.75) is 12.7 Å². The maximum atomic E-state index is 12.8. The molecule has 0 saturated carbocycles. The van der Waals surface area contributed by atoms with E-state index in [4.69, 9.17) is 34.8 Å². The summed E-state index contributed by atoms with van der Waals surface area (Å²) in [6.45, 7) is -1.58. The fourth-order valence-corrected chi connectivity index (χ4v) is 3.89. The summed E-state index contributed by atoms with van der Waals surface area (Å²) >= 11 is 18.3. The van der Waals surface area contributed by atoms with Crippen molar-refractivity contribution in [2.75, 3.05) is 6.54 Å². The summed E-state index contributed by atoms with van der Waals surface area (Å²) in [6.07, 6.45) is -4.51. The lowest BCUT2D eigenvalue weighted by molar-refractivity contribution is -0.139. The number of amides is 1. The first-order valence-electron chi connectivity index (χ1n) is 8.33. The van der Waals surface area contributed by atoms with E-state index in [9.17, 15) is 18.0 Å². The molecule has 0 atom stereocenters. The maximum Gasteiger partial charge on any atom is 0.406 e. The molecule has 1 aliphatic rings. The number of rotatable bonds is 3. The number of fused-ring (bicyclic) bond motifs is 1. The van der Waals surface area contributed by atoms with Crippen LogP contribution in [0, 0.1) is 0 Å². The molecule has 0 unspecified atom stereocenters. The summed E-state index contributed by atoms with van der Waals surface area (Å²) in [7, 11) is 0. The average Bonchev–Trinajstić information content (AvgIpc) is 3.12. The van der Waals surface area contributed by atoms with E-state index < -0.39 is 18.8 Å². The third-order valence-electron chi connectivity index (χ3n) is 4.46. The average molecular weight is 461 g/mol. The van der Waals surface area contributed by atoms with E-state index in [0.717, 1.165) is 4.68 Å². The zero-order chi connectivity index (χ0) is 20.9.